The fourth-order valence-corrected chi connectivity index (χ4v) is 5.19. The predicted molar refractivity (Wildman–Crippen MR) is 79.6 cm³/mol. The van der Waals surface area contributed by atoms with Crippen LogP contribution < -0.4 is 5.73 Å². The van der Waals surface area contributed by atoms with E-state index in [1.165, 1.54) is 0 Å². The number of thioether (sulfide) groups is 1. The van der Waals surface area contributed by atoms with E-state index < -0.39 is 15.2 Å². The predicted octanol–water partition coefficient (Wildman–Crippen LogP) is 0.973. The maximum Gasteiger partial charge on any atom is 0.166 e. The van der Waals surface area contributed by atoms with E-state index in [4.69, 9.17) is 5.73 Å². The van der Waals surface area contributed by atoms with Gasteiger partial charge in [-0.1, -0.05) is 6.92 Å². The molecule has 0 radical (unpaired) electrons. The van der Waals surface area contributed by atoms with E-state index in [1.54, 1.807) is 37.0 Å². The highest BCUT2D eigenvalue weighted by Gasteiger charge is 2.32. The molecule has 0 bridgehead atoms. The molecule has 5 nitrogen and oxygen atoms in total. The molecule has 2 rings (SSSR count). The average Bonchev–Trinajstić information content (AvgIpc) is 2.39. The molecular weight excluding hydrogens is 282 g/mol. The monoisotopic (exact) mass is 301 g/mol. The lowest BCUT2D eigenvalue weighted by atomic mass is 10.3. The Hall–Kier alpha value is -0.790. The van der Waals surface area contributed by atoms with E-state index in [1.807, 2.05) is 4.90 Å². The molecule has 2 N–H and O–H groups in total. The summed E-state index contributed by atoms with van der Waals surface area (Å²) in [5.74, 6) is 1.77. The summed E-state index contributed by atoms with van der Waals surface area (Å²) in [6.07, 6.45) is 1.66. The highest BCUT2D eigenvalue weighted by Crippen LogP contribution is 2.23. The van der Waals surface area contributed by atoms with Crippen molar-refractivity contribution >= 4 is 27.3 Å². The Morgan fingerprint density at radius 3 is 3.05 bits per heavy atom. The van der Waals surface area contributed by atoms with E-state index in [9.17, 15) is 8.42 Å². The summed E-state index contributed by atoms with van der Waals surface area (Å²) in [6.45, 7) is 3.01. The van der Waals surface area contributed by atoms with Gasteiger partial charge in [0.2, 0.25) is 0 Å². The van der Waals surface area contributed by atoms with Crippen LogP contribution in [0.1, 0.15) is 12.6 Å². The second-order valence-electron chi connectivity index (χ2n) is 4.53. The Balaban J connectivity index is 2.17. The van der Waals surface area contributed by atoms with Crippen LogP contribution in [-0.4, -0.2) is 47.5 Å². The summed E-state index contributed by atoms with van der Waals surface area (Å²) >= 11 is 1.70. The highest BCUT2D eigenvalue weighted by molar-refractivity contribution is 8.01. The minimum absolute atomic E-state index is 0.180. The molecule has 1 aliphatic heterocycles. The molecule has 1 saturated heterocycles. The summed E-state index contributed by atoms with van der Waals surface area (Å²) in [7, 11) is -3.05. The van der Waals surface area contributed by atoms with Crippen molar-refractivity contribution in [1.82, 2.24) is 9.88 Å². The van der Waals surface area contributed by atoms with Crippen LogP contribution in [0.3, 0.4) is 0 Å². The first kappa shape index (κ1) is 14.6. The molecule has 1 aliphatic rings. The van der Waals surface area contributed by atoms with Crippen molar-refractivity contribution in [3.05, 3.63) is 24.0 Å². The van der Waals surface area contributed by atoms with Gasteiger partial charge in [0.1, 0.15) is 5.37 Å². The topological polar surface area (TPSA) is 76.3 Å². The zero-order valence-electron chi connectivity index (χ0n) is 10.9. The summed E-state index contributed by atoms with van der Waals surface area (Å²) in [5, 5.41) is -0.403. The van der Waals surface area contributed by atoms with Gasteiger partial charge in [0.15, 0.2) is 9.84 Å². The Morgan fingerprint density at radius 2 is 2.37 bits per heavy atom. The molecule has 7 heteroatoms. The normalized spacial score (nSPS) is 21.4. The van der Waals surface area contributed by atoms with Crippen LogP contribution in [-0.2, 0) is 16.4 Å². The van der Waals surface area contributed by atoms with Crippen molar-refractivity contribution in [2.75, 3.05) is 29.5 Å². The number of nitrogens with zero attached hydrogens (tertiary/aromatic N) is 2. The molecule has 1 fully saturated rings. The molecule has 2 heterocycles. The fourth-order valence-electron chi connectivity index (χ4n) is 2.11. The number of rotatable bonds is 4. The first-order valence-corrected chi connectivity index (χ1v) is 9.13. The largest absolute Gasteiger partial charge is 0.399 e. The molecule has 1 aromatic rings. The van der Waals surface area contributed by atoms with Crippen LogP contribution in [0, 0.1) is 0 Å². The summed E-state index contributed by atoms with van der Waals surface area (Å²) < 4.78 is 24.2. The van der Waals surface area contributed by atoms with Crippen LogP contribution >= 0.6 is 11.8 Å². The van der Waals surface area contributed by atoms with Gasteiger partial charge in [0.05, 0.1) is 5.69 Å². The van der Waals surface area contributed by atoms with Crippen LogP contribution in [0.4, 0.5) is 5.69 Å². The quantitative estimate of drug-likeness (QED) is 0.893. The van der Waals surface area contributed by atoms with Gasteiger partial charge in [-0.05, 0) is 12.1 Å². The smallest absolute Gasteiger partial charge is 0.166 e. The fraction of sp³-hybridized carbons (Fsp3) is 0.583. The van der Waals surface area contributed by atoms with Crippen LogP contribution in [0.25, 0.3) is 0 Å². The molecule has 1 atom stereocenters. The average molecular weight is 301 g/mol. The van der Waals surface area contributed by atoms with E-state index in [0.29, 0.717) is 18.0 Å². The van der Waals surface area contributed by atoms with Crippen molar-refractivity contribution in [1.29, 1.82) is 0 Å². The molecular formula is C12H19N3O2S2. The molecule has 0 spiro atoms. The van der Waals surface area contributed by atoms with E-state index in [0.717, 1.165) is 18.0 Å². The van der Waals surface area contributed by atoms with Gasteiger partial charge in [0.25, 0.3) is 0 Å². The molecule has 1 unspecified atom stereocenters. The van der Waals surface area contributed by atoms with Gasteiger partial charge in [0, 0.05) is 42.2 Å². The van der Waals surface area contributed by atoms with Gasteiger partial charge >= 0.3 is 0 Å². The molecule has 0 aromatic carbocycles. The maximum atomic E-state index is 12.1. The van der Waals surface area contributed by atoms with Gasteiger partial charge in [-0.3, -0.25) is 9.88 Å². The zero-order chi connectivity index (χ0) is 13.9. The number of aromatic nitrogens is 1. The number of hydrogen-bond acceptors (Lipinski definition) is 6. The maximum absolute atomic E-state index is 12.1. The Bertz CT molecular complexity index is 534. The molecule has 1 aromatic heterocycles. The molecule has 106 valence electrons. The third-order valence-electron chi connectivity index (χ3n) is 3.21. The first-order chi connectivity index (χ1) is 9.03. The molecule has 0 amide bonds. The number of nitrogen functional groups attached to an aromatic ring is 1. The SMILES string of the molecule is CCS(=O)(=O)C1CSCCN1Cc1cc(N)ccn1. The van der Waals surface area contributed by atoms with E-state index >= 15 is 0 Å². The number of hydrogen-bond donors (Lipinski definition) is 1. The van der Waals surface area contributed by atoms with Crippen LogP contribution in [0.15, 0.2) is 18.3 Å². The summed E-state index contributed by atoms with van der Waals surface area (Å²) in [5.41, 5.74) is 7.21. The molecule has 0 saturated carbocycles. The standard InChI is InChI=1S/C12H19N3O2S2/c1-2-19(16,17)12-9-18-6-5-15(12)8-11-7-10(13)3-4-14-11/h3-4,7,12H,2,5-6,8-9H2,1H3,(H2,13,14). The van der Waals surface area contributed by atoms with Crippen molar-refractivity contribution in [2.24, 2.45) is 0 Å². The second-order valence-corrected chi connectivity index (χ2v) is 8.13. The first-order valence-electron chi connectivity index (χ1n) is 6.26. The number of nitrogens with two attached hydrogens (primary N) is 1. The summed E-state index contributed by atoms with van der Waals surface area (Å²) in [4.78, 5) is 6.25. The minimum Gasteiger partial charge on any atom is -0.399 e. The highest BCUT2D eigenvalue weighted by atomic mass is 32.2. The summed E-state index contributed by atoms with van der Waals surface area (Å²) in [6, 6.07) is 3.53. The van der Waals surface area contributed by atoms with Gasteiger partial charge < -0.3 is 5.73 Å². The third kappa shape index (κ3) is 3.61. The van der Waals surface area contributed by atoms with Gasteiger partial charge in [-0.2, -0.15) is 11.8 Å². The van der Waals surface area contributed by atoms with Crippen molar-refractivity contribution in [3.8, 4) is 0 Å². The lowest BCUT2D eigenvalue weighted by Gasteiger charge is -2.34. The lowest BCUT2D eigenvalue weighted by molar-refractivity contribution is 0.259. The van der Waals surface area contributed by atoms with E-state index in [2.05, 4.69) is 4.98 Å². The van der Waals surface area contributed by atoms with Crippen LogP contribution in [0.5, 0.6) is 0 Å². The molecule has 0 aliphatic carbocycles. The van der Waals surface area contributed by atoms with E-state index in [-0.39, 0.29) is 5.75 Å². The number of pyridine rings is 1. The lowest BCUT2D eigenvalue weighted by Crippen LogP contribution is -2.47. The minimum atomic E-state index is -3.05. The van der Waals surface area contributed by atoms with Crippen molar-refractivity contribution < 1.29 is 8.42 Å². The van der Waals surface area contributed by atoms with Gasteiger partial charge in [-0.25, -0.2) is 8.42 Å². The van der Waals surface area contributed by atoms with Crippen molar-refractivity contribution in [3.63, 3.8) is 0 Å². The zero-order valence-corrected chi connectivity index (χ0v) is 12.6. The van der Waals surface area contributed by atoms with Gasteiger partial charge in [-0.15, -0.1) is 0 Å². The Morgan fingerprint density at radius 1 is 1.58 bits per heavy atom. The second kappa shape index (κ2) is 6.11. The third-order valence-corrected chi connectivity index (χ3v) is 6.55. The van der Waals surface area contributed by atoms with Crippen molar-refractivity contribution in [2.45, 2.75) is 18.8 Å². The Kier molecular flexibility index (Phi) is 4.70. The number of anilines is 1. The molecule has 19 heavy (non-hydrogen) atoms. The van der Waals surface area contributed by atoms with Crippen LogP contribution in [0.2, 0.25) is 0 Å². The Labute approximate surface area is 118 Å². The number of sulfone groups is 1.